The lowest BCUT2D eigenvalue weighted by Crippen LogP contribution is -2.11. The molecule has 2 heterocycles. The number of carbonyl (C=O) groups is 1. The zero-order valence-corrected chi connectivity index (χ0v) is 8.32. The van der Waals surface area contributed by atoms with E-state index in [0.29, 0.717) is 9.21 Å². The fourth-order valence-electron chi connectivity index (χ4n) is 1.19. The Balaban J connectivity index is 2.24. The Bertz CT molecular complexity index is 346. The maximum absolute atomic E-state index is 11.0. The molecule has 1 amide bonds. The van der Waals surface area contributed by atoms with E-state index in [9.17, 15) is 4.79 Å². The normalized spacial score (nSPS) is 20.2. The molecule has 70 valence electrons. The summed E-state index contributed by atoms with van der Waals surface area (Å²) in [5, 5.41) is 0. The van der Waals surface area contributed by atoms with Crippen LogP contribution >= 0.6 is 22.9 Å². The van der Waals surface area contributed by atoms with E-state index in [0.717, 1.165) is 18.6 Å². The second kappa shape index (κ2) is 3.29. The summed E-state index contributed by atoms with van der Waals surface area (Å²) in [5.41, 5.74) is 6.10. The third-order valence-corrected chi connectivity index (χ3v) is 3.17. The van der Waals surface area contributed by atoms with Crippen LogP contribution in [-0.2, 0) is 11.2 Å². The standard InChI is InChI=1S/C8H8ClNO2S/c9-6-2-4(1-5-3-12-5)7(13-6)8(10)11/h2,5H,1,3H2,(H2,10,11). The Labute approximate surface area is 84.4 Å². The number of ether oxygens (including phenoxy) is 1. The largest absolute Gasteiger partial charge is 0.373 e. The molecule has 2 N–H and O–H groups in total. The average Bonchev–Trinajstić information content (AvgIpc) is 2.75. The van der Waals surface area contributed by atoms with Gasteiger partial charge in [-0.05, 0) is 11.6 Å². The lowest BCUT2D eigenvalue weighted by Gasteiger charge is -1.95. The van der Waals surface area contributed by atoms with Gasteiger partial charge in [-0.2, -0.15) is 0 Å². The molecule has 1 fully saturated rings. The van der Waals surface area contributed by atoms with Gasteiger partial charge < -0.3 is 10.5 Å². The van der Waals surface area contributed by atoms with Crippen molar-refractivity contribution in [3.63, 3.8) is 0 Å². The number of carbonyl (C=O) groups excluding carboxylic acids is 1. The number of primary amides is 1. The van der Waals surface area contributed by atoms with Gasteiger partial charge in [0.1, 0.15) is 0 Å². The highest BCUT2D eigenvalue weighted by Gasteiger charge is 2.25. The number of halogens is 1. The topological polar surface area (TPSA) is 55.6 Å². The van der Waals surface area contributed by atoms with E-state index < -0.39 is 5.91 Å². The zero-order valence-electron chi connectivity index (χ0n) is 6.75. The maximum atomic E-state index is 11.0. The molecule has 0 aliphatic carbocycles. The van der Waals surface area contributed by atoms with Crippen molar-refractivity contribution in [2.75, 3.05) is 6.61 Å². The lowest BCUT2D eigenvalue weighted by molar-refractivity contribution is 0.100. The molecule has 1 atom stereocenters. The van der Waals surface area contributed by atoms with Crippen LogP contribution in [0.2, 0.25) is 4.34 Å². The van der Waals surface area contributed by atoms with Gasteiger partial charge in [0.2, 0.25) is 0 Å². The first-order chi connectivity index (χ1) is 6.16. The Morgan fingerprint density at radius 3 is 3.08 bits per heavy atom. The molecule has 0 radical (unpaired) electrons. The van der Waals surface area contributed by atoms with Gasteiger partial charge in [-0.25, -0.2) is 0 Å². The molecular weight excluding hydrogens is 210 g/mol. The third-order valence-electron chi connectivity index (χ3n) is 1.85. The summed E-state index contributed by atoms with van der Waals surface area (Å²) in [6, 6.07) is 1.79. The second-order valence-corrected chi connectivity index (χ2v) is 4.61. The van der Waals surface area contributed by atoms with E-state index in [2.05, 4.69) is 0 Å². The summed E-state index contributed by atoms with van der Waals surface area (Å²) >= 11 is 7.01. The average molecular weight is 218 g/mol. The van der Waals surface area contributed by atoms with Gasteiger partial charge in [0, 0.05) is 6.42 Å². The predicted molar refractivity (Wildman–Crippen MR) is 51.3 cm³/mol. The molecule has 13 heavy (non-hydrogen) atoms. The number of epoxide rings is 1. The van der Waals surface area contributed by atoms with Gasteiger partial charge in [-0.15, -0.1) is 11.3 Å². The van der Waals surface area contributed by atoms with Crippen molar-refractivity contribution in [1.29, 1.82) is 0 Å². The molecule has 3 nitrogen and oxygen atoms in total. The minimum absolute atomic E-state index is 0.253. The molecule has 0 saturated carbocycles. The van der Waals surface area contributed by atoms with Gasteiger partial charge in [-0.3, -0.25) is 4.79 Å². The minimum Gasteiger partial charge on any atom is -0.373 e. The van der Waals surface area contributed by atoms with E-state index in [1.807, 2.05) is 0 Å². The first kappa shape index (κ1) is 8.99. The van der Waals surface area contributed by atoms with Crippen molar-refractivity contribution in [3.8, 4) is 0 Å². The van der Waals surface area contributed by atoms with Crippen LogP contribution in [0.15, 0.2) is 6.07 Å². The Morgan fingerprint density at radius 1 is 1.85 bits per heavy atom. The van der Waals surface area contributed by atoms with E-state index in [-0.39, 0.29) is 6.10 Å². The Morgan fingerprint density at radius 2 is 2.54 bits per heavy atom. The molecule has 0 spiro atoms. The van der Waals surface area contributed by atoms with Crippen molar-refractivity contribution < 1.29 is 9.53 Å². The fourth-order valence-corrected chi connectivity index (χ4v) is 2.32. The molecule has 1 aromatic rings. The highest BCUT2D eigenvalue weighted by atomic mass is 35.5. The quantitative estimate of drug-likeness (QED) is 0.779. The monoisotopic (exact) mass is 217 g/mol. The van der Waals surface area contributed by atoms with E-state index >= 15 is 0 Å². The molecule has 1 unspecified atom stereocenters. The van der Waals surface area contributed by atoms with Crippen LogP contribution in [0, 0.1) is 0 Å². The predicted octanol–water partition coefficient (Wildman–Crippen LogP) is 1.44. The van der Waals surface area contributed by atoms with Crippen LogP contribution < -0.4 is 5.73 Å². The molecule has 1 aromatic heterocycles. The Hall–Kier alpha value is -0.580. The number of hydrogen-bond acceptors (Lipinski definition) is 3. The lowest BCUT2D eigenvalue weighted by atomic mass is 10.1. The highest BCUT2D eigenvalue weighted by molar-refractivity contribution is 7.18. The molecule has 0 bridgehead atoms. The van der Waals surface area contributed by atoms with Crippen molar-refractivity contribution in [2.45, 2.75) is 12.5 Å². The van der Waals surface area contributed by atoms with E-state index in [4.69, 9.17) is 22.1 Å². The fraction of sp³-hybridized carbons (Fsp3) is 0.375. The van der Waals surface area contributed by atoms with Crippen LogP contribution in [0.1, 0.15) is 15.2 Å². The number of nitrogens with two attached hydrogens (primary N) is 1. The van der Waals surface area contributed by atoms with E-state index in [1.165, 1.54) is 11.3 Å². The minimum atomic E-state index is -0.410. The van der Waals surface area contributed by atoms with Crippen molar-refractivity contribution >= 4 is 28.8 Å². The molecule has 1 aliphatic heterocycles. The number of rotatable bonds is 3. The van der Waals surface area contributed by atoms with Gasteiger partial charge in [0.25, 0.3) is 5.91 Å². The first-order valence-electron chi connectivity index (χ1n) is 3.86. The van der Waals surface area contributed by atoms with E-state index in [1.54, 1.807) is 6.07 Å². The smallest absolute Gasteiger partial charge is 0.259 e. The van der Waals surface area contributed by atoms with Crippen LogP contribution in [0.3, 0.4) is 0 Å². The molecule has 5 heteroatoms. The van der Waals surface area contributed by atoms with Crippen LogP contribution in [0.4, 0.5) is 0 Å². The molecule has 1 saturated heterocycles. The maximum Gasteiger partial charge on any atom is 0.259 e. The van der Waals surface area contributed by atoms with Gasteiger partial charge >= 0.3 is 0 Å². The summed E-state index contributed by atoms with van der Waals surface area (Å²) in [5.74, 6) is -0.410. The van der Waals surface area contributed by atoms with Crippen molar-refractivity contribution in [1.82, 2.24) is 0 Å². The number of thiophene rings is 1. The van der Waals surface area contributed by atoms with Crippen LogP contribution in [-0.4, -0.2) is 18.6 Å². The summed E-state index contributed by atoms with van der Waals surface area (Å²) in [6.07, 6.45) is 0.991. The molecule has 2 rings (SSSR count). The van der Waals surface area contributed by atoms with Gasteiger partial charge in [0.05, 0.1) is 21.9 Å². The summed E-state index contributed by atoms with van der Waals surface area (Å²) in [7, 11) is 0. The summed E-state index contributed by atoms with van der Waals surface area (Å²) in [4.78, 5) is 11.5. The second-order valence-electron chi connectivity index (χ2n) is 2.93. The SMILES string of the molecule is NC(=O)c1sc(Cl)cc1CC1CO1. The van der Waals surface area contributed by atoms with Crippen molar-refractivity contribution in [3.05, 3.63) is 20.8 Å². The third kappa shape index (κ3) is 2.02. The molecule has 0 aromatic carbocycles. The molecular formula is C8H8ClNO2S. The molecule has 1 aliphatic rings. The summed E-state index contributed by atoms with van der Waals surface area (Å²) in [6.45, 7) is 0.770. The van der Waals surface area contributed by atoms with Crippen LogP contribution in [0.5, 0.6) is 0 Å². The highest BCUT2D eigenvalue weighted by Crippen LogP contribution is 2.29. The number of hydrogen-bond donors (Lipinski definition) is 1. The van der Waals surface area contributed by atoms with Crippen LogP contribution in [0.25, 0.3) is 0 Å². The first-order valence-corrected chi connectivity index (χ1v) is 5.06. The summed E-state index contributed by atoms with van der Waals surface area (Å²) < 4.78 is 5.67. The van der Waals surface area contributed by atoms with Crippen molar-refractivity contribution in [2.24, 2.45) is 5.73 Å². The zero-order chi connectivity index (χ0) is 9.42. The Kier molecular flexibility index (Phi) is 2.27. The van der Waals surface area contributed by atoms with Gasteiger partial charge in [-0.1, -0.05) is 11.6 Å². The van der Waals surface area contributed by atoms with Gasteiger partial charge in [0.15, 0.2) is 0 Å². The number of amides is 1.